The molecule has 0 saturated heterocycles. The lowest BCUT2D eigenvalue weighted by molar-refractivity contribution is -0.142. The number of unbranched alkanes of at least 4 members (excludes halogenated alkanes) is 1. The van der Waals surface area contributed by atoms with Crippen LogP contribution in [-0.4, -0.2) is 54.0 Å². The molecule has 2 aliphatic rings. The number of carboxylic acid groups (broad SMARTS) is 1. The number of benzene rings is 4. The van der Waals surface area contributed by atoms with Crippen LogP contribution in [0.4, 0.5) is 9.59 Å². The first-order valence-electron chi connectivity index (χ1n) is 14.9. The molecule has 6 rings (SSSR count). The van der Waals surface area contributed by atoms with Gasteiger partial charge in [0.2, 0.25) is 0 Å². The number of rotatable bonds is 10. The third-order valence-electron chi connectivity index (χ3n) is 8.59. The maximum absolute atomic E-state index is 13.7. The Morgan fingerprint density at radius 3 is 1.34 bits per heavy atom. The lowest BCUT2D eigenvalue weighted by atomic mass is 9.98. The molecule has 0 spiro atoms. The van der Waals surface area contributed by atoms with E-state index in [1.807, 2.05) is 97.1 Å². The smallest absolute Gasteiger partial charge is 0.420 e. The van der Waals surface area contributed by atoms with Gasteiger partial charge >= 0.3 is 18.2 Å². The maximum Gasteiger partial charge on any atom is 0.420 e. The first kappa shape index (κ1) is 29.1. The number of nitrogens with two attached hydrogens (primary N) is 1. The van der Waals surface area contributed by atoms with Crippen molar-refractivity contribution in [2.24, 2.45) is 5.73 Å². The number of amides is 2. The van der Waals surface area contributed by atoms with Gasteiger partial charge in [-0.1, -0.05) is 97.1 Å². The number of hydrogen-bond donors (Lipinski definition) is 2. The highest BCUT2D eigenvalue weighted by Crippen LogP contribution is 2.46. The molecule has 0 bridgehead atoms. The molecular weight excluding hydrogens is 556 g/mol. The van der Waals surface area contributed by atoms with Crippen molar-refractivity contribution < 1.29 is 29.0 Å². The standard InChI is InChI=1S/C36H34N2O6/c37-20-10-9-19-33(34(39)40)38(35(41)43-21-31-27-15-5-1-11-23(27)24-12-2-6-16-28(24)31)36(42)44-22-32-29-17-7-3-13-25(29)26-14-4-8-18-30(26)32/h1-8,11-18,31-33H,9-10,19-22,37H2,(H,39,40)/t33-/m1/s1. The number of hydrogen-bond acceptors (Lipinski definition) is 6. The van der Waals surface area contributed by atoms with Crippen molar-refractivity contribution in [3.63, 3.8) is 0 Å². The predicted molar refractivity (Wildman–Crippen MR) is 166 cm³/mol. The van der Waals surface area contributed by atoms with Gasteiger partial charge in [-0.2, -0.15) is 4.90 Å². The number of carboxylic acids is 1. The third-order valence-corrected chi connectivity index (χ3v) is 8.59. The molecule has 0 heterocycles. The van der Waals surface area contributed by atoms with Crippen molar-refractivity contribution >= 4 is 18.2 Å². The normalized spacial score (nSPS) is 13.8. The van der Waals surface area contributed by atoms with E-state index in [1.54, 1.807) is 0 Å². The molecule has 224 valence electrons. The van der Waals surface area contributed by atoms with E-state index in [-0.39, 0.29) is 31.5 Å². The molecule has 0 unspecified atom stereocenters. The second kappa shape index (κ2) is 12.7. The quantitative estimate of drug-likeness (QED) is 0.196. The lowest BCUT2D eigenvalue weighted by Crippen LogP contribution is -2.49. The number of aliphatic carboxylic acids is 1. The maximum atomic E-state index is 13.7. The SMILES string of the molecule is NCCCC[C@H](C(=O)O)N(C(=O)OCC1c2ccccc2-c2ccccc21)C(=O)OCC1c2ccccc2-c2ccccc21. The Morgan fingerprint density at radius 1 is 0.636 bits per heavy atom. The Hall–Kier alpha value is -4.95. The molecule has 2 amide bonds. The second-order valence-corrected chi connectivity index (χ2v) is 11.1. The summed E-state index contributed by atoms with van der Waals surface area (Å²) in [7, 11) is 0. The zero-order chi connectivity index (χ0) is 30.6. The van der Waals surface area contributed by atoms with Gasteiger partial charge in [0, 0.05) is 11.8 Å². The average Bonchev–Trinajstić information content (AvgIpc) is 3.54. The molecule has 1 atom stereocenters. The van der Waals surface area contributed by atoms with Crippen LogP contribution >= 0.6 is 0 Å². The van der Waals surface area contributed by atoms with E-state index in [0.717, 1.165) is 44.5 Å². The van der Waals surface area contributed by atoms with Gasteiger partial charge in [0.1, 0.15) is 19.3 Å². The summed E-state index contributed by atoms with van der Waals surface area (Å²) in [6, 6.07) is 30.2. The van der Waals surface area contributed by atoms with E-state index >= 15 is 0 Å². The number of imide groups is 1. The van der Waals surface area contributed by atoms with Crippen molar-refractivity contribution in [2.45, 2.75) is 37.1 Å². The Morgan fingerprint density at radius 2 is 1.00 bits per heavy atom. The molecular formula is C36H34N2O6. The fourth-order valence-corrected chi connectivity index (χ4v) is 6.50. The van der Waals surface area contributed by atoms with Gasteiger partial charge in [-0.3, -0.25) is 0 Å². The van der Waals surface area contributed by atoms with Gasteiger partial charge in [-0.15, -0.1) is 0 Å². The molecule has 2 aliphatic carbocycles. The first-order chi connectivity index (χ1) is 21.5. The molecule has 3 N–H and O–H groups in total. The van der Waals surface area contributed by atoms with Crippen LogP contribution in [0.15, 0.2) is 97.1 Å². The molecule has 0 radical (unpaired) electrons. The minimum atomic E-state index is -1.46. The molecule has 0 saturated carbocycles. The summed E-state index contributed by atoms with van der Waals surface area (Å²) in [4.78, 5) is 40.4. The molecule has 8 nitrogen and oxygen atoms in total. The van der Waals surface area contributed by atoms with E-state index < -0.39 is 24.2 Å². The second-order valence-electron chi connectivity index (χ2n) is 11.1. The van der Waals surface area contributed by atoms with Gasteiger partial charge in [-0.25, -0.2) is 14.4 Å². The van der Waals surface area contributed by atoms with Gasteiger partial charge in [0.05, 0.1) is 0 Å². The Balaban J connectivity index is 1.23. The minimum Gasteiger partial charge on any atom is -0.480 e. The van der Waals surface area contributed by atoms with Crippen molar-refractivity contribution in [1.29, 1.82) is 0 Å². The lowest BCUT2D eigenvalue weighted by Gasteiger charge is -2.27. The van der Waals surface area contributed by atoms with Gasteiger partial charge in [0.25, 0.3) is 0 Å². The Kier molecular flexibility index (Phi) is 8.43. The molecule has 0 aromatic heterocycles. The van der Waals surface area contributed by atoms with E-state index in [1.165, 1.54) is 0 Å². The number of carbonyl (C=O) groups excluding carboxylic acids is 2. The van der Waals surface area contributed by atoms with E-state index in [4.69, 9.17) is 15.2 Å². The van der Waals surface area contributed by atoms with E-state index in [0.29, 0.717) is 24.3 Å². The van der Waals surface area contributed by atoms with Crippen LogP contribution in [0.2, 0.25) is 0 Å². The largest absolute Gasteiger partial charge is 0.480 e. The van der Waals surface area contributed by atoms with Gasteiger partial charge < -0.3 is 20.3 Å². The average molecular weight is 591 g/mol. The zero-order valence-electron chi connectivity index (χ0n) is 24.2. The summed E-state index contributed by atoms with van der Waals surface area (Å²) >= 11 is 0. The fraction of sp³-hybridized carbons (Fsp3) is 0.250. The van der Waals surface area contributed by atoms with Crippen molar-refractivity contribution in [2.75, 3.05) is 19.8 Å². The third kappa shape index (κ3) is 5.44. The monoisotopic (exact) mass is 590 g/mol. The molecule has 4 aromatic rings. The highest BCUT2D eigenvalue weighted by molar-refractivity contribution is 5.93. The first-order valence-corrected chi connectivity index (χ1v) is 14.9. The van der Waals surface area contributed by atoms with Crippen molar-refractivity contribution in [3.8, 4) is 22.3 Å². The van der Waals surface area contributed by atoms with Crippen LogP contribution in [0.1, 0.15) is 53.4 Å². The molecule has 8 heteroatoms. The Labute approximate surface area is 256 Å². The van der Waals surface area contributed by atoms with Crippen LogP contribution in [-0.2, 0) is 14.3 Å². The number of ether oxygens (including phenoxy) is 2. The van der Waals surface area contributed by atoms with Crippen LogP contribution in [0.25, 0.3) is 22.3 Å². The predicted octanol–water partition coefficient (Wildman–Crippen LogP) is 6.77. The van der Waals surface area contributed by atoms with Gasteiger partial charge in [0.15, 0.2) is 0 Å². The molecule has 0 fully saturated rings. The van der Waals surface area contributed by atoms with Crippen molar-refractivity contribution in [1.82, 2.24) is 4.90 Å². The summed E-state index contributed by atoms with van der Waals surface area (Å²) in [6.45, 7) is 0.243. The number of carbonyl (C=O) groups is 3. The van der Waals surface area contributed by atoms with E-state index in [2.05, 4.69) is 0 Å². The zero-order valence-corrected chi connectivity index (χ0v) is 24.2. The van der Waals surface area contributed by atoms with Crippen molar-refractivity contribution in [3.05, 3.63) is 119 Å². The highest BCUT2D eigenvalue weighted by Gasteiger charge is 2.39. The summed E-state index contributed by atoms with van der Waals surface area (Å²) in [6.07, 6.45) is -1.11. The summed E-state index contributed by atoms with van der Waals surface area (Å²) in [5.41, 5.74) is 13.9. The summed E-state index contributed by atoms with van der Waals surface area (Å²) in [5.74, 6) is -1.82. The number of nitrogens with zero attached hydrogens (tertiary/aromatic N) is 1. The van der Waals surface area contributed by atoms with Crippen LogP contribution < -0.4 is 5.73 Å². The number of fused-ring (bicyclic) bond motifs is 6. The van der Waals surface area contributed by atoms with Crippen LogP contribution in [0, 0.1) is 0 Å². The van der Waals surface area contributed by atoms with E-state index in [9.17, 15) is 19.5 Å². The molecule has 4 aromatic carbocycles. The topological polar surface area (TPSA) is 119 Å². The van der Waals surface area contributed by atoms with Crippen LogP contribution in [0.5, 0.6) is 0 Å². The fourth-order valence-electron chi connectivity index (χ4n) is 6.50. The summed E-state index contributed by atoms with van der Waals surface area (Å²) in [5, 5.41) is 10.1. The molecule has 0 aliphatic heterocycles. The van der Waals surface area contributed by atoms with Crippen LogP contribution in [0.3, 0.4) is 0 Å². The highest BCUT2D eigenvalue weighted by atomic mass is 16.6. The summed E-state index contributed by atoms with van der Waals surface area (Å²) < 4.78 is 11.5. The minimum absolute atomic E-state index is 0.0287. The van der Waals surface area contributed by atoms with Gasteiger partial charge in [-0.05, 0) is 70.3 Å². The Bertz CT molecular complexity index is 1500. The molecule has 44 heavy (non-hydrogen) atoms.